The molecule has 0 fully saturated rings. The van der Waals surface area contributed by atoms with Crippen LogP contribution < -0.4 is 5.32 Å². The minimum atomic E-state index is 0.690. The molecule has 100 valence electrons. The molecule has 0 saturated carbocycles. The summed E-state index contributed by atoms with van der Waals surface area (Å²) in [4.78, 5) is 0. The first kappa shape index (κ1) is 12.4. The summed E-state index contributed by atoms with van der Waals surface area (Å²) in [5, 5.41) is 8.04. The Labute approximate surface area is 114 Å². The zero-order valence-electron chi connectivity index (χ0n) is 11.7. The van der Waals surface area contributed by atoms with E-state index in [-0.39, 0.29) is 0 Å². The Morgan fingerprint density at radius 3 is 2.95 bits per heavy atom. The molecule has 1 aliphatic carbocycles. The number of fused-ring (bicyclic) bond motifs is 1. The van der Waals surface area contributed by atoms with Crippen LogP contribution in [0.25, 0.3) is 0 Å². The van der Waals surface area contributed by atoms with Gasteiger partial charge in [0, 0.05) is 26.1 Å². The topological polar surface area (TPSA) is 29.9 Å². The molecule has 1 aromatic carbocycles. The van der Waals surface area contributed by atoms with Gasteiger partial charge in [0.05, 0.1) is 11.4 Å². The lowest BCUT2D eigenvalue weighted by Crippen LogP contribution is -2.29. The minimum Gasteiger partial charge on any atom is -0.311 e. The van der Waals surface area contributed by atoms with Crippen molar-refractivity contribution in [3.63, 3.8) is 0 Å². The lowest BCUT2D eigenvalue weighted by Gasteiger charge is -2.30. The number of benzene rings is 1. The summed E-state index contributed by atoms with van der Waals surface area (Å²) in [6.45, 7) is 4.11. The second-order valence-corrected chi connectivity index (χ2v) is 5.33. The van der Waals surface area contributed by atoms with Crippen LogP contribution >= 0.6 is 0 Å². The standard InChI is InChI=1S/C16H21N3/c1-3-14-9-15(19(2)18-14)11-17-10-13-8-12-6-4-5-7-16(12)13/h4-7,9,13,17H,3,8,10-11H2,1-2H3. The molecule has 1 unspecified atom stereocenters. The molecule has 0 aliphatic heterocycles. The molecule has 1 aliphatic rings. The van der Waals surface area contributed by atoms with E-state index >= 15 is 0 Å². The third kappa shape index (κ3) is 2.43. The maximum Gasteiger partial charge on any atom is 0.0625 e. The van der Waals surface area contributed by atoms with E-state index in [1.165, 1.54) is 28.9 Å². The normalized spacial score (nSPS) is 17.1. The summed E-state index contributed by atoms with van der Waals surface area (Å²) in [6.07, 6.45) is 2.22. The first-order valence-corrected chi connectivity index (χ1v) is 7.08. The number of aromatic nitrogens is 2. The third-order valence-corrected chi connectivity index (χ3v) is 4.05. The Bertz CT molecular complexity index is 571. The van der Waals surface area contributed by atoms with E-state index in [1.54, 1.807) is 0 Å². The predicted octanol–water partition coefficient (Wildman–Crippen LogP) is 2.41. The van der Waals surface area contributed by atoms with Crippen molar-refractivity contribution in [1.82, 2.24) is 15.1 Å². The van der Waals surface area contributed by atoms with E-state index in [4.69, 9.17) is 0 Å². The second-order valence-electron chi connectivity index (χ2n) is 5.33. The molecule has 0 bridgehead atoms. The lowest BCUT2D eigenvalue weighted by atomic mass is 9.77. The van der Waals surface area contributed by atoms with E-state index < -0.39 is 0 Å². The van der Waals surface area contributed by atoms with Gasteiger partial charge in [0.25, 0.3) is 0 Å². The van der Waals surface area contributed by atoms with Gasteiger partial charge in [-0.25, -0.2) is 0 Å². The quantitative estimate of drug-likeness (QED) is 0.889. The van der Waals surface area contributed by atoms with E-state index in [0.717, 1.165) is 19.5 Å². The summed E-state index contributed by atoms with van der Waals surface area (Å²) in [7, 11) is 2.02. The highest BCUT2D eigenvalue weighted by molar-refractivity contribution is 5.40. The van der Waals surface area contributed by atoms with Crippen molar-refractivity contribution < 1.29 is 0 Å². The van der Waals surface area contributed by atoms with Crippen molar-refractivity contribution in [2.24, 2.45) is 7.05 Å². The van der Waals surface area contributed by atoms with E-state index in [0.29, 0.717) is 5.92 Å². The Balaban J connectivity index is 1.53. The summed E-state index contributed by atoms with van der Waals surface area (Å²) in [6, 6.07) is 11.0. The third-order valence-electron chi connectivity index (χ3n) is 4.05. The Kier molecular flexibility index (Phi) is 3.38. The Morgan fingerprint density at radius 2 is 2.21 bits per heavy atom. The zero-order valence-corrected chi connectivity index (χ0v) is 11.7. The first-order chi connectivity index (χ1) is 9.28. The molecule has 0 radical (unpaired) electrons. The maximum atomic E-state index is 4.47. The number of nitrogens with one attached hydrogen (secondary N) is 1. The van der Waals surface area contributed by atoms with Gasteiger partial charge in [-0.05, 0) is 30.0 Å². The van der Waals surface area contributed by atoms with Gasteiger partial charge in [0.2, 0.25) is 0 Å². The molecule has 1 aromatic heterocycles. The highest BCUT2D eigenvalue weighted by Crippen LogP contribution is 2.33. The first-order valence-electron chi connectivity index (χ1n) is 7.08. The Hall–Kier alpha value is -1.61. The molecule has 1 atom stereocenters. The van der Waals surface area contributed by atoms with Crippen molar-refractivity contribution in [3.8, 4) is 0 Å². The zero-order chi connectivity index (χ0) is 13.2. The molecule has 1 heterocycles. The highest BCUT2D eigenvalue weighted by Gasteiger charge is 2.24. The van der Waals surface area contributed by atoms with Gasteiger partial charge in [-0.3, -0.25) is 4.68 Å². The van der Waals surface area contributed by atoms with Crippen LogP contribution in [0.4, 0.5) is 0 Å². The molecular formula is C16H21N3. The smallest absolute Gasteiger partial charge is 0.0625 e. The predicted molar refractivity (Wildman–Crippen MR) is 77.2 cm³/mol. The van der Waals surface area contributed by atoms with E-state index in [2.05, 4.69) is 47.7 Å². The fourth-order valence-corrected chi connectivity index (χ4v) is 2.83. The summed E-state index contributed by atoms with van der Waals surface area (Å²) >= 11 is 0. The minimum absolute atomic E-state index is 0.690. The van der Waals surface area contributed by atoms with Gasteiger partial charge in [0.1, 0.15) is 0 Å². The summed E-state index contributed by atoms with van der Waals surface area (Å²) in [5.74, 6) is 0.690. The molecule has 2 aromatic rings. The van der Waals surface area contributed by atoms with Gasteiger partial charge >= 0.3 is 0 Å². The van der Waals surface area contributed by atoms with Crippen LogP contribution in [-0.4, -0.2) is 16.3 Å². The SMILES string of the molecule is CCc1cc(CNCC2Cc3ccccc32)n(C)n1. The maximum absolute atomic E-state index is 4.47. The average Bonchev–Trinajstić information content (AvgIpc) is 2.76. The highest BCUT2D eigenvalue weighted by atomic mass is 15.3. The van der Waals surface area contributed by atoms with Crippen molar-refractivity contribution in [2.45, 2.75) is 32.2 Å². The largest absolute Gasteiger partial charge is 0.311 e. The van der Waals surface area contributed by atoms with Crippen LogP contribution in [-0.2, 0) is 26.4 Å². The van der Waals surface area contributed by atoms with Crippen LogP contribution in [0.3, 0.4) is 0 Å². The molecular weight excluding hydrogens is 234 g/mol. The molecule has 3 heteroatoms. The van der Waals surface area contributed by atoms with Crippen molar-refractivity contribution >= 4 is 0 Å². The summed E-state index contributed by atoms with van der Waals surface area (Å²) in [5.41, 5.74) is 5.48. The second kappa shape index (κ2) is 5.17. The van der Waals surface area contributed by atoms with Crippen LogP contribution in [0.2, 0.25) is 0 Å². The van der Waals surface area contributed by atoms with Crippen molar-refractivity contribution in [2.75, 3.05) is 6.54 Å². The number of aryl methyl sites for hydroxylation is 2. The van der Waals surface area contributed by atoms with Crippen molar-refractivity contribution in [1.29, 1.82) is 0 Å². The lowest BCUT2D eigenvalue weighted by molar-refractivity contribution is 0.523. The van der Waals surface area contributed by atoms with Gasteiger partial charge in [0.15, 0.2) is 0 Å². The van der Waals surface area contributed by atoms with Crippen LogP contribution in [0.1, 0.15) is 35.4 Å². The number of nitrogens with zero attached hydrogens (tertiary/aromatic N) is 2. The fraction of sp³-hybridized carbons (Fsp3) is 0.438. The average molecular weight is 255 g/mol. The molecule has 19 heavy (non-hydrogen) atoms. The molecule has 0 saturated heterocycles. The van der Waals surface area contributed by atoms with Crippen molar-refractivity contribution in [3.05, 3.63) is 52.8 Å². The van der Waals surface area contributed by atoms with Gasteiger partial charge in [-0.2, -0.15) is 5.10 Å². The van der Waals surface area contributed by atoms with Gasteiger partial charge in [-0.1, -0.05) is 31.2 Å². The molecule has 3 nitrogen and oxygen atoms in total. The molecule has 0 amide bonds. The molecule has 3 rings (SSSR count). The Morgan fingerprint density at radius 1 is 1.37 bits per heavy atom. The van der Waals surface area contributed by atoms with Crippen LogP contribution in [0.15, 0.2) is 30.3 Å². The molecule has 0 spiro atoms. The van der Waals surface area contributed by atoms with E-state index in [1.807, 2.05) is 11.7 Å². The fourth-order valence-electron chi connectivity index (χ4n) is 2.83. The molecule has 1 N–H and O–H groups in total. The number of hydrogen-bond donors (Lipinski definition) is 1. The summed E-state index contributed by atoms with van der Waals surface area (Å²) < 4.78 is 1.99. The van der Waals surface area contributed by atoms with E-state index in [9.17, 15) is 0 Å². The number of hydrogen-bond acceptors (Lipinski definition) is 2. The van der Waals surface area contributed by atoms with Gasteiger partial charge < -0.3 is 5.32 Å². The monoisotopic (exact) mass is 255 g/mol. The number of rotatable bonds is 5. The van der Waals surface area contributed by atoms with Crippen LogP contribution in [0.5, 0.6) is 0 Å². The van der Waals surface area contributed by atoms with Crippen LogP contribution in [0, 0.1) is 0 Å². The van der Waals surface area contributed by atoms with Gasteiger partial charge in [-0.15, -0.1) is 0 Å².